The van der Waals surface area contributed by atoms with Crippen molar-refractivity contribution < 1.29 is 4.39 Å². The van der Waals surface area contributed by atoms with Crippen LogP contribution in [0.25, 0.3) is 5.95 Å². The first-order chi connectivity index (χ1) is 12.8. The Labute approximate surface area is 155 Å². The number of allylic oxidation sites excluding steroid dienone is 1. The maximum Gasteiger partial charge on any atom is 0.258 e. The molecular formula is C20H20FN5O. The van der Waals surface area contributed by atoms with Crippen LogP contribution in [0.2, 0.25) is 0 Å². The van der Waals surface area contributed by atoms with Crippen molar-refractivity contribution in [3.05, 3.63) is 81.3 Å². The molecule has 3 heterocycles. The van der Waals surface area contributed by atoms with Crippen LogP contribution in [0.4, 0.5) is 10.2 Å². The second-order valence-electron chi connectivity index (χ2n) is 7.31. The van der Waals surface area contributed by atoms with Gasteiger partial charge in [0, 0.05) is 23.7 Å². The maximum absolute atomic E-state index is 13.9. The van der Waals surface area contributed by atoms with Gasteiger partial charge in [-0.1, -0.05) is 24.8 Å². The lowest BCUT2D eigenvalue weighted by Gasteiger charge is -2.17. The van der Waals surface area contributed by atoms with Crippen molar-refractivity contribution in [2.45, 2.75) is 32.6 Å². The molecule has 4 rings (SSSR count). The molecule has 0 radical (unpaired) electrons. The van der Waals surface area contributed by atoms with Gasteiger partial charge in [0.1, 0.15) is 11.6 Å². The van der Waals surface area contributed by atoms with Crippen LogP contribution in [0, 0.1) is 12.7 Å². The molecule has 0 spiro atoms. The molecule has 1 aliphatic heterocycles. The zero-order valence-electron chi connectivity index (χ0n) is 15.4. The number of aryl methyl sites for hydroxylation is 1. The number of nitrogens with one attached hydrogen (secondary N) is 2. The van der Waals surface area contributed by atoms with Crippen LogP contribution in [0.3, 0.4) is 0 Å². The molecule has 6 nitrogen and oxygen atoms in total. The Morgan fingerprint density at radius 2 is 2.04 bits per heavy atom. The number of aromatic nitrogens is 4. The molecule has 138 valence electrons. The second-order valence-corrected chi connectivity index (χ2v) is 7.31. The molecule has 1 aromatic carbocycles. The highest BCUT2D eigenvalue weighted by atomic mass is 19.1. The lowest BCUT2D eigenvalue weighted by Crippen LogP contribution is -2.26. The summed E-state index contributed by atoms with van der Waals surface area (Å²) in [5.41, 5.74) is 2.75. The number of hydrogen-bond acceptors (Lipinski definition) is 4. The number of benzene rings is 1. The van der Waals surface area contributed by atoms with E-state index in [9.17, 15) is 9.18 Å². The third kappa shape index (κ3) is 2.75. The van der Waals surface area contributed by atoms with Crippen LogP contribution < -0.4 is 10.9 Å². The van der Waals surface area contributed by atoms with E-state index in [1.165, 1.54) is 10.7 Å². The minimum absolute atomic E-state index is 0.227. The van der Waals surface area contributed by atoms with Gasteiger partial charge in [0.15, 0.2) is 0 Å². The van der Waals surface area contributed by atoms with E-state index in [-0.39, 0.29) is 11.4 Å². The molecule has 0 saturated carbocycles. The summed E-state index contributed by atoms with van der Waals surface area (Å²) in [6.07, 6.45) is 2.14. The molecule has 0 unspecified atom stereocenters. The molecule has 0 bridgehead atoms. The summed E-state index contributed by atoms with van der Waals surface area (Å²) in [6, 6.07) is 6.62. The molecule has 0 aliphatic carbocycles. The molecule has 2 aromatic heterocycles. The molecule has 7 heteroatoms. The summed E-state index contributed by atoms with van der Waals surface area (Å²) in [7, 11) is 0. The van der Waals surface area contributed by atoms with Crippen molar-refractivity contribution in [3.63, 3.8) is 0 Å². The molecule has 0 amide bonds. The van der Waals surface area contributed by atoms with E-state index in [0.717, 1.165) is 17.0 Å². The van der Waals surface area contributed by atoms with Crippen molar-refractivity contribution in [2.75, 3.05) is 5.32 Å². The van der Waals surface area contributed by atoms with Crippen molar-refractivity contribution in [1.82, 2.24) is 19.7 Å². The minimum Gasteiger partial charge on any atom is -0.343 e. The van der Waals surface area contributed by atoms with Gasteiger partial charge >= 0.3 is 0 Å². The van der Waals surface area contributed by atoms with Gasteiger partial charge in [0.25, 0.3) is 5.56 Å². The predicted molar refractivity (Wildman–Crippen MR) is 102 cm³/mol. The molecule has 0 saturated heterocycles. The van der Waals surface area contributed by atoms with Gasteiger partial charge in [-0.3, -0.25) is 9.78 Å². The third-order valence-corrected chi connectivity index (χ3v) is 5.09. The monoisotopic (exact) mass is 365 g/mol. The number of nitrogens with zero attached hydrogens (tertiary/aromatic N) is 3. The Balaban J connectivity index is 1.73. The fourth-order valence-electron chi connectivity index (χ4n) is 3.29. The largest absolute Gasteiger partial charge is 0.343 e. The van der Waals surface area contributed by atoms with Crippen LogP contribution in [-0.2, 0) is 11.8 Å². The number of aromatic amines is 1. The summed E-state index contributed by atoms with van der Waals surface area (Å²) in [6.45, 7) is 9.73. The summed E-state index contributed by atoms with van der Waals surface area (Å²) in [5.74, 6) is 0.535. The summed E-state index contributed by atoms with van der Waals surface area (Å²) in [4.78, 5) is 19.9. The first-order valence-corrected chi connectivity index (χ1v) is 8.67. The Hall–Kier alpha value is -3.22. The SMILES string of the molecule is C=C1Nc2nc(-n3cc(C)c(Cc4ccccc4F)n3)[nH]c(=O)c2C1(C)C. The summed E-state index contributed by atoms with van der Waals surface area (Å²) < 4.78 is 15.5. The third-order valence-electron chi connectivity index (χ3n) is 5.09. The van der Waals surface area contributed by atoms with Crippen molar-refractivity contribution in [1.29, 1.82) is 0 Å². The molecule has 27 heavy (non-hydrogen) atoms. The maximum atomic E-state index is 13.9. The molecule has 3 aromatic rings. The minimum atomic E-state index is -0.496. The fourth-order valence-corrected chi connectivity index (χ4v) is 3.29. The number of rotatable bonds is 3. The first kappa shape index (κ1) is 17.2. The number of anilines is 1. The Morgan fingerprint density at radius 3 is 2.78 bits per heavy atom. The molecule has 2 N–H and O–H groups in total. The topological polar surface area (TPSA) is 75.6 Å². The van der Waals surface area contributed by atoms with Gasteiger partial charge in [0.2, 0.25) is 5.95 Å². The van der Waals surface area contributed by atoms with E-state index in [1.54, 1.807) is 24.4 Å². The second kappa shape index (κ2) is 5.90. The van der Waals surface area contributed by atoms with E-state index in [2.05, 4.69) is 27.0 Å². The van der Waals surface area contributed by atoms with Gasteiger partial charge in [0.05, 0.1) is 11.3 Å². The number of fused-ring (bicyclic) bond motifs is 1. The van der Waals surface area contributed by atoms with Crippen molar-refractivity contribution >= 4 is 5.82 Å². The van der Waals surface area contributed by atoms with E-state index in [4.69, 9.17) is 0 Å². The number of H-pyrrole nitrogens is 1. The predicted octanol–water partition coefficient (Wildman–Crippen LogP) is 3.21. The fraction of sp³-hybridized carbons (Fsp3) is 0.250. The van der Waals surface area contributed by atoms with Gasteiger partial charge in [-0.2, -0.15) is 10.1 Å². The summed E-state index contributed by atoms with van der Waals surface area (Å²) >= 11 is 0. The van der Waals surface area contributed by atoms with Gasteiger partial charge in [-0.15, -0.1) is 0 Å². The summed E-state index contributed by atoms with van der Waals surface area (Å²) in [5, 5.41) is 7.60. The Kier molecular flexibility index (Phi) is 3.76. The molecule has 0 atom stereocenters. The smallest absolute Gasteiger partial charge is 0.258 e. The van der Waals surface area contributed by atoms with Gasteiger partial charge in [-0.25, -0.2) is 9.07 Å². The lowest BCUT2D eigenvalue weighted by atomic mass is 9.86. The Bertz CT molecular complexity index is 1130. The van der Waals surface area contributed by atoms with Crippen LogP contribution in [0.5, 0.6) is 0 Å². The highest BCUT2D eigenvalue weighted by Crippen LogP contribution is 2.38. The van der Waals surface area contributed by atoms with Gasteiger partial charge < -0.3 is 5.32 Å². The van der Waals surface area contributed by atoms with E-state index in [0.29, 0.717) is 29.3 Å². The van der Waals surface area contributed by atoms with E-state index >= 15 is 0 Å². The number of halogens is 1. The highest BCUT2D eigenvalue weighted by Gasteiger charge is 2.38. The first-order valence-electron chi connectivity index (χ1n) is 8.67. The van der Waals surface area contributed by atoms with Crippen molar-refractivity contribution in [2.24, 2.45) is 0 Å². The lowest BCUT2D eigenvalue weighted by molar-refractivity contribution is 0.612. The average molecular weight is 365 g/mol. The van der Waals surface area contributed by atoms with Crippen LogP contribution in [-0.4, -0.2) is 19.7 Å². The zero-order valence-corrected chi connectivity index (χ0v) is 15.4. The normalized spacial score (nSPS) is 14.9. The van der Waals surface area contributed by atoms with Gasteiger partial charge in [-0.05, 0) is 38.0 Å². The average Bonchev–Trinajstić information content (AvgIpc) is 3.07. The van der Waals surface area contributed by atoms with Crippen molar-refractivity contribution in [3.8, 4) is 5.95 Å². The standard InChI is InChI=1S/C20H20FN5O/c1-11-10-26(25-15(11)9-13-7-5-6-8-14(13)21)19-23-17-16(18(27)24-19)20(3,4)12(2)22-17/h5-8,10H,2,9H2,1,3-4H3,(H2,22,23,24,27). The molecule has 0 fully saturated rings. The number of hydrogen-bond donors (Lipinski definition) is 2. The highest BCUT2D eigenvalue weighted by molar-refractivity contribution is 5.63. The van der Waals surface area contributed by atoms with Crippen LogP contribution in [0.15, 0.2) is 47.5 Å². The molecular weight excluding hydrogens is 345 g/mol. The Morgan fingerprint density at radius 1 is 1.30 bits per heavy atom. The van der Waals surface area contributed by atoms with Crippen LogP contribution >= 0.6 is 0 Å². The van der Waals surface area contributed by atoms with E-state index in [1.807, 2.05) is 20.8 Å². The molecule has 1 aliphatic rings. The quantitative estimate of drug-likeness (QED) is 0.747. The van der Waals surface area contributed by atoms with Crippen LogP contribution in [0.1, 0.15) is 36.2 Å². The van der Waals surface area contributed by atoms with E-state index < -0.39 is 5.41 Å². The zero-order chi connectivity index (χ0) is 19.3.